The molecule has 126 valence electrons. The fraction of sp³-hybridized carbons (Fsp3) is 0.389. The molecule has 0 aliphatic rings. The van der Waals surface area contributed by atoms with Crippen LogP contribution in [0.3, 0.4) is 0 Å². The van der Waals surface area contributed by atoms with Crippen LogP contribution in [-0.4, -0.2) is 28.0 Å². The van der Waals surface area contributed by atoms with Crippen molar-refractivity contribution in [2.45, 2.75) is 39.7 Å². The normalized spacial score (nSPS) is 12.5. The molecule has 0 bridgehead atoms. The number of aryl methyl sites for hydroxylation is 2. The summed E-state index contributed by atoms with van der Waals surface area (Å²) in [5.74, 6) is 0.572. The number of carbonyl (C=O) groups is 1. The lowest BCUT2D eigenvalue weighted by molar-refractivity contribution is -0.132. The lowest BCUT2D eigenvalue weighted by Gasteiger charge is -2.22. The molecule has 2 heterocycles. The van der Waals surface area contributed by atoms with Crippen molar-refractivity contribution in [3.8, 4) is 0 Å². The highest BCUT2D eigenvalue weighted by Gasteiger charge is 2.28. The van der Waals surface area contributed by atoms with Crippen molar-refractivity contribution in [2.75, 3.05) is 7.05 Å². The quantitative estimate of drug-likeness (QED) is 0.701. The van der Waals surface area contributed by atoms with E-state index in [-0.39, 0.29) is 11.8 Å². The maximum Gasteiger partial charge on any atom is 0.230 e. The second-order valence-corrected chi connectivity index (χ2v) is 7.08. The van der Waals surface area contributed by atoms with Gasteiger partial charge in [-0.05, 0) is 32.4 Å². The monoisotopic (exact) mass is 343 g/mol. The summed E-state index contributed by atoms with van der Waals surface area (Å²) >= 11 is 1.63. The van der Waals surface area contributed by atoms with Gasteiger partial charge in [0.2, 0.25) is 5.91 Å². The van der Waals surface area contributed by atoms with Crippen LogP contribution < -0.4 is 0 Å². The predicted octanol–water partition coefficient (Wildman–Crippen LogP) is 4.05. The van der Waals surface area contributed by atoms with Crippen molar-refractivity contribution in [2.24, 2.45) is 0 Å². The Morgan fingerprint density at radius 2 is 2.08 bits per heavy atom. The molecule has 5 nitrogen and oxygen atoms in total. The van der Waals surface area contributed by atoms with E-state index in [0.29, 0.717) is 13.0 Å². The van der Waals surface area contributed by atoms with Gasteiger partial charge in [0.25, 0.3) is 0 Å². The molecule has 0 saturated carbocycles. The van der Waals surface area contributed by atoms with E-state index in [4.69, 9.17) is 4.52 Å². The summed E-state index contributed by atoms with van der Waals surface area (Å²) in [4.78, 5) is 19.3. The number of carbonyl (C=O) groups excluding carboxylic acids is 1. The van der Waals surface area contributed by atoms with E-state index >= 15 is 0 Å². The second kappa shape index (κ2) is 6.73. The third-order valence-corrected chi connectivity index (χ3v) is 5.25. The minimum absolute atomic E-state index is 0.0751. The molecule has 1 aromatic carbocycles. The summed E-state index contributed by atoms with van der Waals surface area (Å²) in [6, 6.07) is 8.03. The fourth-order valence-electron chi connectivity index (χ4n) is 3.02. The summed E-state index contributed by atoms with van der Waals surface area (Å²) in [7, 11) is 1.83. The van der Waals surface area contributed by atoms with Crippen LogP contribution in [0.1, 0.15) is 41.3 Å². The largest absolute Gasteiger partial charge is 0.361 e. The van der Waals surface area contributed by atoms with Gasteiger partial charge < -0.3 is 9.42 Å². The van der Waals surface area contributed by atoms with E-state index in [9.17, 15) is 4.79 Å². The first-order valence-corrected chi connectivity index (χ1v) is 8.85. The van der Waals surface area contributed by atoms with Crippen molar-refractivity contribution in [3.05, 3.63) is 46.3 Å². The molecule has 0 saturated heterocycles. The average Bonchev–Trinajstić information content (AvgIpc) is 3.12. The highest BCUT2D eigenvalue weighted by molar-refractivity contribution is 7.18. The summed E-state index contributed by atoms with van der Waals surface area (Å²) in [5.41, 5.74) is 2.69. The Morgan fingerprint density at radius 3 is 2.71 bits per heavy atom. The lowest BCUT2D eigenvalue weighted by Crippen LogP contribution is -2.31. The van der Waals surface area contributed by atoms with Crippen molar-refractivity contribution in [1.82, 2.24) is 15.0 Å². The van der Waals surface area contributed by atoms with Crippen LogP contribution in [-0.2, 0) is 11.3 Å². The van der Waals surface area contributed by atoms with E-state index in [0.717, 1.165) is 32.2 Å². The van der Waals surface area contributed by atoms with E-state index in [1.165, 1.54) is 0 Å². The number of nitrogens with zero attached hydrogens (tertiary/aromatic N) is 3. The first-order valence-electron chi connectivity index (χ1n) is 8.03. The van der Waals surface area contributed by atoms with Crippen molar-refractivity contribution >= 4 is 27.5 Å². The summed E-state index contributed by atoms with van der Waals surface area (Å²) in [6.45, 7) is 6.27. The molecule has 2 aromatic heterocycles. The number of para-hydroxylation sites is 1. The van der Waals surface area contributed by atoms with Gasteiger partial charge in [0.1, 0.15) is 10.8 Å². The number of likely N-dealkylation sites (N-methyl/N-ethyl adjacent to an activating group) is 1. The molecular weight excluding hydrogens is 322 g/mol. The molecule has 1 amide bonds. The highest BCUT2D eigenvalue weighted by atomic mass is 32.1. The van der Waals surface area contributed by atoms with Crippen LogP contribution in [0.25, 0.3) is 10.2 Å². The zero-order valence-corrected chi connectivity index (χ0v) is 15.2. The van der Waals surface area contributed by atoms with Gasteiger partial charge in [-0.15, -0.1) is 11.3 Å². The molecule has 0 aliphatic heterocycles. The number of hydrogen-bond acceptors (Lipinski definition) is 5. The first kappa shape index (κ1) is 16.6. The van der Waals surface area contributed by atoms with Gasteiger partial charge in [0.05, 0.1) is 28.4 Å². The Balaban J connectivity index is 1.80. The Bertz CT molecular complexity index is 816. The molecule has 0 spiro atoms. The van der Waals surface area contributed by atoms with E-state index in [1.807, 2.05) is 46.0 Å². The Labute approximate surface area is 145 Å². The summed E-state index contributed by atoms with van der Waals surface area (Å²) in [6.07, 6.45) is 0.714. The summed E-state index contributed by atoms with van der Waals surface area (Å²) in [5, 5.41) is 4.93. The van der Waals surface area contributed by atoms with E-state index < -0.39 is 0 Å². The lowest BCUT2D eigenvalue weighted by atomic mass is 9.93. The van der Waals surface area contributed by atoms with Crippen LogP contribution in [0.2, 0.25) is 0 Å². The van der Waals surface area contributed by atoms with Gasteiger partial charge in [-0.25, -0.2) is 4.98 Å². The molecule has 6 heteroatoms. The minimum atomic E-state index is -0.226. The van der Waals surface area contributed by atoms with Gasteiger partial charge >= 0.3 is 0 Å². The summed E-state index contributed by atoms with van der Waals surface area (Å²) < 4.78 is 6.38. The highest BCUT2D eigenvalue weighted by Crippen LogP contribution is 2.29. The molecule has 3 rings (SSSR count). The number of thiazole rings is 1. The molecule has 0 aliphatic carbocycles. The molecule has 0 radical (unpaired) electrons. The van der Waals surface area contributed by atoms with Crippen LogP contribution >= 0.6 is 11.3 Å². The van der Waals surface area contributed by atoms with Crippen molar-refractivity contribution < 1.29 is 9.32 Å². The van der Waals surface area contributed by atoms with Gasteiger partial charge in [-0.3, -0.25) is 4.79 Å². The Morgan fingerprint density at radius 1 is 1.33 bits per heavy atom. The number of aromatic nitrogens is 2. The number of fused-ring (bicyclic) bond motifs is 1. The number of amides is 1. The van der Waals surface area contributed by atoms with Crippen LogP contribution in [0.4, 0.5) is 0 Å². The van der Waals surface area contributed by atoms with E-state index in [1.54, 1.807) is 16.2 Å². The maximum absolute atomic E-state index is 12.9. The fourth-order valence-corrected chi connectivity index (χ4v) is 4.05. The van der Waals surface area contributed by atoms with Crippen LogP contribution in [0.15, 0.2) is 28.8 Å². The Hall–Kier alpha value is -2.21. The topological polar surface area (TPSA) is 59.2 Å². The standard InChI is InChI=1S/C18H21N3O2S/c1-5-13(17-11(2)20-23-12(17)3)18(22)21(4)10-16-19-14-8-6-7-9-15(14)24-16/h6-9,13H,5,10H2,1-4H3. The molecular formula is C18H21N3O2S. The molecule has 1 atom stereocenters. The van der Waals surface area contributed by atoms with Gasteiger partial charge in [-0.2, -0.15) is 0 Å². The third kappa shape index (κ3) is 3.06. The number of rotatable bonds is 5. The third-order valence-electron chi connectivity index (χ3n) is 4.23. The number of benzene rings is 1. The van der Waals surface area contributed by atoms with Gasteiger partial charge in [0, 0.05) is 12.6 Å². The smallest absolute Gasteiger partial charge is 0.230 e. The average molecular weight is 343 g/mol. The maximum atomic E-state index is 12.9. The molecule has 0 N–H and O–H groups in total. The van der Waals surface area contributed by atoms with Gasteiger partial charge in [-0.1, -0.05) is 24.2 Å². The number of hydrogen-bond donors (Lipinski definition) is 0. The van der Waals surface area contributed by atoms with Crippen LogP contribution in [0, 0.1) is 13.8 Å². The Kier molecular flexibility index (Phi) is 4.66. The zero-order chi connectivity index (χ0) is 17.3. The first-order chi connectivity index (χ1) is 11.5. The SMILES string of the molecule is CCC(C(=O)N(C)Cc1nc2ccccc2s1)c1c(C)noc1C. The van der Waals surface area contributed by atoms with Crippen molar-refractivity contribution in [3.63, 3.8) is 0 Å². The predicted molar refractivity (Wildman–Crippen MR) is 95.1 cm³/mol. The molecule has 1 unspecified atom stereocenters. The molecule has 24 heavy (non-hydrogen) atoms. The zero-order valence-electron chi connectivity index (χ0n) is 14.4. The van der Waals surface area contributed by atoms with Gasteiger partial charge in [0.15, 0.2) is 0 Å². The molecule has 3 aromatic rings. The van der Waals surface area contributed by atoms with Crippen LogP contribution in [0.5, 0.6) is 0 Å². The van der Waals surface area contributed by atoms with E-state index in [2.05, 4.69) is 16.2 Å². The molecule has 0 fully saturated rings. The second-order valence-electron chi connectivity index (χ2n) is 5.97. The minimum Gasteiger partial charge on any atom is -0.361 e. The van der Waals surface area contributed by atoms with Crippen molar-refractivity contribution in [1.29, 1.82) is 0 Å².